The molecule has 0 fully saturated rings. The summed E-state index contributed by atoms with van der Waals surface area (Å²) in [5.41, 5.74) is 1.15. The number of ether oxygens (including phenoxy) is 1. The summed E-state index contributed by atoms with van der Waals surface area (Å²) in [7, 11) is 0. The van der Waals surface area contributed by atoms with Crippen molar-refractivity contribution in [2.75, 3.05) is 6.54 Å². The molecule has 0 aromatic heterocycles. The fourth-order valence-electron chi connectivity index (χ4n) is 2.75. The number of allylic oxidation sites excluding steroid dienone is 3. The molecule has 2 atom stereocenters. The first-order valence-corrected chi connectivity index (χ1v) is 6.92. The maximum atomic E-state index is 5.56. The summed E-state index contributed by atoms with van der Waals surface area (Å²) in [5, 5.41) is 3.54. The molecule has 2 unspecified atom stereocenters. The number of nitrogens with zero attached hydrogens (tertiary/aromatic N) is 1. The number of hydrogen-bond acceptors (Lipinski definition) is 3. The van der Waals surface area contributed by atoms with Gasteiger partial charge in [0.15, 0.2) is 0 Å². The fraction of sp³-hybridized carbons (Fsp3) is 0.533. The normalized spacial score (nSPS) is 31.6. The first kappa shape index (κ1) is 11.7. The molecule has 18 heavy (non-hydrogen) atoms. The van der Waals surface area contributed by atoms with Crippen LogP contribution >= 0.6 is 0 Å². The molecule has 0 aromatic rings. The molecule has 0 saturated carbocycles. The minimum Gasteiger partial charge on any atom is -0.464 e. The fourth-order valence-corrected chi connectivity index (χ4v) is 2.75. The Balaban J connectivity index is 1.74. The summed E-state index contributed by atoms with van der Waals surface area (Å²) in [6.07, 6.45) is 16.0. The van der Waals surface area contributed by atoms with Crippen LogP contribution in [0.15, 0.2) is 41.3 Å². The highest BCUT2D eigenvalue weighted by atomic mass is 16.5. The molecule has 0 aliphatic carbocycles. The topological polar surface area (TPSA) is 33.6 Å². The zero-order valence-corrected chi connectivity index (χ0v) is 10.6. The van der Waals surface area contributed by atoms with Gasteiger partial charge in [-0.25, -0.2) is 0 Å². The Hall–Kier alpha value is -1.35. The van der Waals surface area contributed by atoms with Crippen LogP contribution in [0.5, 0.6) is 0 Å². The summed E-state index contributed by atoms with van der Waals surface area (Å²) in [6, 6.07) is 0.787. The van der Waals surface area contributed by atoms with Crippen LogP contribution in [0.2, 0.25) is 0 Å². The lowest BCUT2D eigenvalue weighted by atomic mass is 9.94. The summed E-state index contributed by atoms with van der Waals surface area (Å²) in [6.45, 7) is 1.07. The molecule has 1 N–H and O–H groups in total. The van der Waals surface area contributed by atoms with E-state index in [-0.39, 0.29) is 0 Å². The van der Waals surface area contributed by atoms with Gasteiger partial charge in [-0.1, -0.05) is 12.2 Å². The zero-order chi connectivity index (χ0) is 12.2. The molecular weight excluding hydrogens is 224 g/mol. The van der Waals surface area contributed by atoms with Crippen molar-refractivity contribution >= 4 is 5.71 Å². The van der Waals surface area contributed by atoms with Crippen LogP contribution in [0, 0.1) is 0 Å². The second-order valence-electron chi connectivity index (χ2n) is 5.03. The lowest BCUT2D eigenvalue weighted by Crippen LogP contribution is -2.41. The van der Waals surface area contributed by atoms with E-state index in [0.717, 1.165) is 37.3 Å². The molecule has 3 aliphatic rings. The van der Waals surface area contributed by atoms with Crippen molar-refractivity contribution in [2.45, 2.75) is 44.2 Å². The lowest BCUT2D eigenvalue weighted by molar-refractivity contribution is 0.360. The molecule has 3 aliphatic heterocycles. The average molecular weight is 244 g/mol. The molecule has 0 bridgehead atoms. The van der Waals surface area contributed by atoms with Crippen LogP contribution in [0.4, 0.5) is 0 Å². The average Bonchev–Trinajstić information content (AvgIpc) is 2.49. The second-order valence-corrected chi connectivity index (χ2v) is 5.03. The Kier molecular flexibility index (Phi) is 3.60. The van der Waals surface area contributed by atoms with Gasteiger partial charge in [0.25, 0.3) is 0 Å². The van der Waals surface area contributed by atoms with E-state index in [1.807, 2.05) is 6.08 Å². The summed E-state index contributed by atoms with van der Waals surface area (Å²) in [5.74, 6) is 0.974. The van der Waals surface area contributed by atoms with E-state index in [1.54, 1.807) is 6.26 Å². The Labute approximate surface area is 108 Å². The van der Waals surface area contributed by atoms with Gasteiger partial charge in [-0.2, -0.15) is 0 Å². The number of aliphatic imine (C=N–C) groups is 1. The van der Waals surface area contributed by atoms with Crippen LogP contribution in [-0.2, 0) is 4.74 Å². The third kappa shape index (κ3) is 2.56. The smallest absolute Gasteiger partial charge is 0.143 e. The highest BCUT2D eigenvalue weighted by Crippen LogP contribution is 2.23. The Morgan fingerprint density at radius 2 is 2.33 bits per heavy atom. The van der Waals surface area contributed by atoms with Crippen LogP contribution in [0.1, 0.15) is 32.1 Å². The summed E-state index contributed by atoms with van der Waals surface area (Å²) < 4.78 is 5.56. The summed E-state index contributed by atoms with van der Waals surface area (Å²) >= 11 is 0. The van der Waals surface area contributed by atoms with Gasteiger partial charge in [-0.05, 0) is 50.8 Å². The molecule has 0 aromatic carbocycles. The third-order valence-corrected chi connectivity index (χ3v) is 3.70. The van der Waals surface area contributed by atoms with Crippen molar-refractivity contribution in [3.63, 3.8) is 0 Å². The summed E-state index contributed by atoms with van der Waals surface area (Å²) in [4.78, 5) is 4.90. The molecule has 0 amide bonds. The molecular formula is C15H20N2O. The quantitative estimate of drug-likeness (QED) is 0.758. The van der Waals surface area contributed by atoms with Gasteiger partial charge in [0, 0.05) is 6.04 Å². The third-order valence-electron chi connectivity index (χ3n) is 3.70. The Morgan fingerprint density at radius 3 is 3.11 bits per heavy atom. The van der Waals surface area contributed by atoms with Crippen molar-refractivity contribution in [3.8, 4) is 0 Å². The van der Waals surface area contributed by atoms with Crippen molar-refractivity contribution in [2.24, 2.45) is 4.99 Å². The van der Waals surface area contributed by atoms with Crippen molar-refractivity contribution < 1.29 is 4.74 Å². The second kappa shape index (κ2) is 5.53. The molecule has 3 heteroatoms. The molecule has 3 rings (SSSR count). The highest BCUT2D eigenvalue weighted by Gasteiger charge is 2.25. The number of hydrogen-bond donors (Lipinski definition) is 1. The van der Waals surface area contributed by atoms with E-state index < -0.39 is 0 Å². The first-order chi connectivity index (χ1) is 8.93. The van der Waals surface area contributed by atoms with Gasteiger partial charge in [0.05, 0.1) is 18.0 Å². The minimum absolute atomic E-state index is 0.376. The molecule has 0 radical (unpaired) electrons. The van der Waals surface area contributed by atoms with Gasteiger partial charge in [-0.3, -0.25) is 4.99 Å². The minimum atomic E-state index is 0.376. The lowest BCUT2D eigenvalue weighted by Gasteiger charge is -2.29. The van der Waals surface area contributed by atoms with Crippen molar-refractivity contribution in [1.29, 1.82) is 0 Å². The molecule has 3 heterocycles. The van der Waals surface area contributed by atoms with Crippen LogP contribution in [0.25, 0.3) is 0 Å². The van der Waals surface area contributed by atoms with Crippen molar-refractivity contribution in [1.82, 2.24) is 5.32 Å². The van der Waals surface area contributed by atoms with Gasteiger partial charge in [0.1, 0.15) is 5.76 Å². The first-order valence-electron chi connectivity index (χ1n) is 6.92. The van der Waals surface area contributed by atoms with E-state index in [2.05, 4.69) is 23.5 Å². The molecule has 3 nitrogen and oxygen atoms in total. The van der Waals surface area contributed by atoms with E-state index in [9.17, 15) is 0 Å². The van der Waals surface area contributed by atoms with Gasteiger partial charge in [0.2, 0.25) is 0 Å². The Morgan fingerprint density at radius 1 is 1.33 bits per heavy atom. The monoisotopic (exact) mass is 244 g/mol. The molecule has 0 saturated heterocycles. The zero-order valence-electron chi connectivity index (χ0n) is 10.6. The van der Waals surface area contributed by atoms with Crippen LogP contribution < -0.4 is 5.32 Å². The molecule has 0 spiro atoms. The van der Waals surface area contributed by atoms with Crippen LogP contribution in [0.3, 0.4) is 0 Å². The van der Waals surface area contributed by atoms with Crippen molar-refractivity contribution in [3.05, 3.63) is 36.3 Å². The molecule has 96 valence electrons. The van der Waals surface area contributed by atoms with E-state index in [4.69, 9.17) is 9.73 Å². The predicted molar refractivity (Wildman–Crippen MR) is 73.5 cm³/mol. The highest BCUT2D eigenvalue weighted by molar-refractivity contribution is 5.99. The standard InChI is InChI=1S/C15H20N2O/c1-3-10-16-12(6-1)13-7-5-8-14(17-13)15-9-2-4-11-18-15/h1,4,6,9,11-13,16H,2-3,5,7-8,10H2. The van der Waals surface area contributed by atoms with Gasteiger partial charge >= 0.3 is 0 Å². The van der Waals surface area contributed by atoms with Crippen LogP contribution in [-0.4, -0.2) is 24.3 Å². The number of nitrogens with one attached hydrogen (secondary N) is 1. The van der Waals surface area contributed by atoms with E-state index in [0.29, 0.717) is 12.1 Å². The number of rotatable bonds is 2. The van der Waals surface area contributed by atoms with Gasteiger partial charge in [-0.15, -0.1) is 0 Å². The van der Waals surface area contributed by atoms with E-state index in [1.165, 1.54) is 12.8 Å². The maximum absolute atomic E-state index is 5.56. The van der Waals surface area contributed by atoms with E-state index >= 15 is 0 Å². The SMILES string of the molecule is C1=COC(C2=NC(C3C=CCCN3)CCC2)=CC1. The maximum Gasteiger partial charge on any atom is 0.143 e. The largest absolute Gasteiger partial charge is 0.464 e. The predicted octanol–water partition coefficient (Wildman–Crippen LogP) is 2.72. The van der Waals surface area contributed by atoms with Gasteiger partial charge < -0.3 is 10.1 Å². The Bertz CT molecular complexity index is 420.